The Hall–Kier alpha value is -2.15. The summed E-state index contributed by atoms with van der Waals surface area (Å²) in [5.74, 6) is -0.637. The number of likely N-dealkylation sites (tertiary alicyclic amines) is 1. The van der Waals surface area contributed by atoms with Crippen LogP contribution in [0.4, 0.5) is 0 Å². The van der Waals surface area contributed by atoms with Gasteiger partial charge in [-0.25, -0.2) is 4.79 Å². The molecule has 1 aliphatic rings. The highest BCUT2D eigenvalue weighted by Gasteiger charge is 2.34. The van der Waals surface area contributed by atoms with Gasteiger partial charge in [0.15, 0.2) is 0 Å². The normalized spacial score (nSPS) is 17.4. The van der Waals surface area contributed by atoms with Crippen molar-refractivity contribution in [3.63, 3.8) is 0 Å². The number of carbonyl (C=O) groups is 3. The molecule has 124 valence electrons. The monoisotopic (exact) mass is 336 g/mol. The Kier molecular flexibility index (Phi) is 6.34. The molecule has 7 heteroatoms. The number of carbonyl (C=O) groups excluding carboxylic acids is 3. The molecule has 1 aromatic rings. The maximum atomic E-state index is 12.4. The highest BCUT2D eigenvalue weighted by molar-refractivity contribution is 7.12. The Morgan fingerprint density at radius 2 is 2.30 bits per heavy atom. The molecule has 1 unspecified atom stereocenters. The van der Waals surface area contributed by atoms with Crippen LogP contribution in [0.3, 0.4) is 0 Å². The first-order chi connectivity index (χ1) is 11.1. The second-order valence-electron chi connectivity index (χ2n) is 5.14. The van der Waals surface area contributed by atoms with Crippen LogP contribution in [0, 0.1) is 0 Å². The van der Waals surface area contributed by atoms with Crippen molar-refractivity contribution in [2.45, 2.75) is 25.3 Å². The second-order valence-corrected chi connectivity index (χ2v) is 6.09. The fourth-order valence-electron chi connectivity index (χ4n) is 2.47. The number of nitrogens with one attached hydrogen (secondary N) is 1. The number of thiophene rings is 1. The zero-order chi connectivity index (χ0) is 16.7. The largest absolute Gasteiger partial charge is 0.466 e. The van der Waals surface area contributed by atoms with E-state index in [0.29, 0.717) is 30.8 Å². The molecule has 2 rings (SSSR count). The lowest BCUT2D eigenvalue weighted by Crippen LogP contribution is -2.46. The van der Waals surface area contributed by atoms with Gasteiger partial charge in [0.05, 0.1) is 12.0 Å². The summed E-state index contributed by atoms with van der Waals surface area (Å²) in [5, 5.41) is 4.67. The molecule has 0 aliphatic carbocycles. The molecule has 0 aromatic carbocycles. The molecule has 1 N–H and O–H groups in total. The Morgan fingerprint density at radius 1 is 1.48 bits per heavy atom. The predicted octanol–water partition coefficient (Wildman–Crippen LogP) is 1.59. The molecular weight excluding hydrogens is 316 g/mol. The summed E-state index contributed by atoms with van der Waals surface area (Å²) in [6, 6.07) is 3.20. The van der Waals surface area contributed by atoms with Crippen molar-refractivity contribution in [1.82, 2.24) is 10.2 Å². The number of rotatable bonds is 6. The fourth-order valence-corrected chi connectivity index (χ4v) is 3.15. The van der Waals surface area contributed by atoms with E-state index in [2.05, 4.69) is 10.1 Å². The molecule has 1 aliphatic heterocycles. The number of hydrogen-bond acceptors (Lipinski definition) is 5. The third kappa shape index (κ3) is 4.66. The van der Waals surface area contributed by atoms with Crippen LogP contribution in [0.1, 0.15) is 28.9 Å². The zero-order valence-electron chi connectivity index (χ0n) is 13.0. The quantitative estimate of drug-likeness (QED) is 0.486. The summed E-state index contributed by atoms with van der Waals surface area (Å²) in [6.45, 7) is 1.03. The van der Waals surface area contributed by atoms with Gasteiger partial charge in [0.1, 0.15) is 6.04 Å². The summed E-state index contributed by atoms with van der Waals surface area (Å²) in [7, 11) is 1.31. The van der Waals surface area contributed by atoms with E-state index < -0.39 is 12.0 Å². The molecule has 0 saturated carbocycles. The number of hydrogen-bond donors (Lipinski definition) is 1. The van der Waals surface area contributed by atoms with Gasteiger partial charge in [-0.1, -0.05) is 12.1 Å². The fraction of sp³-hybridized carbons (Fsp3) is 0.438. The highest BCUT2D eigenvalue weighted by Crippen LogP contribution is 2.22. The lowest BCUT2D eigenvalue weighted by molar-refractivity contribution is -0.134. The minimum atomic E-state index is -0.417. The van der Waals surface area contributed by atoms with Crippen molar-refractivity contribution in [1.29, 1.82) is 0 Å². The first-order valence-corrected chi connectivity index (χ1v) is 8.38. The van der Waals surface area contributed by atoms with Gasteiger partial charge in [-0.05, 0) is 30.7 Å². The minimum absolute atomic E-state index is 0.0803. The molecule has 2 heterocycles. The predicted molar refractivity (Wildman–Crippen MR) is 87.2 cm³/mol. The number of nitrogens with zero attached hydrogens (tertiary/aromatic N) is 1. The summed E-state index contributed by atoms with van der Waals surface area (Å²) in [6.07, 6.45) is 5.02. The van der Waals surface area contributed by atoms with E-state index in [4.69, 9.17) is 0 Å². The summed E-state index contributed by atoms with van der Waals surface area (Å²) in [5.41, 5.74) is 0. The van der Waals surface area contributed by atoms with Gasteiger partial charge in [-0.3, -0.25) is 9.59 Å². The molecule has 2 amide bonds. The maximum absolute atomic E-state index is 12.4. The highest BCUT2D eigenvalue weighted by atomic mass is 32.1. The van der Waals surface area contributed by atoms with E-state index in [-0.39, 0.29) is 11.8 Å². The number of esters is 1. The summed E-state index contributed by atoms with van der Waals surface area (Å²) in [4.78, 5) is 37.9. The summed E-state index contributed by atoms with van der Waals surface area (Å²) < 4.78 is 4.48. The molecule has 6 nitrogen and oxygen atoms in total. The van der Waals surface area contributed by atoms with Crippen molar-refractivity contribution in [3.8, 4) is 0 Å². The Balaban J connectivity index is 1.82. The van der Waals surface area contributed by atoms with Crippen LogP contribution in [0.2, 0.25) is 0 Å². The Morgan fingerprint density at radius 3 is 3.00 bits per heavy atom. The van der Waals surface area contributed by atoms with Crippen LogP contribution < -0.4 is 5.32 Å². The van der Waals surface area contributed by atoms with Crippen molar-refractivity contribution in [3.05, 3.63) is 34.5 Å². The molecule has 0 radical (unpaired) electrons. The number of amides is 2. The maximum Gasteiger partial charge on any atom is 0.330 e. The third-order valence-corrected chi connectivity index (χ3v) is 4.47. The van der Waals surface area contributed by atoms with E-state index in [1.807, 2.05) is 11.4 Å². The van der Waals surface area contributed by atoms with Crippen LogP contribution >= 0.6 is 11.3 Å². The van der Waals surface area contributed by atoms with Crippen LogP contribution in [0.15, 0.2) is 29.7 Å². The van der Waals surface area contributed by atoms with E-state index in [9.17, 15) is 14.4 Å². The molecule has 0 bridgehead atoms. The molecule has 0 spiro atoms. The average Bonchev–Trinajstić information content (AvgIpc) is 3.24. The molecule has 23 heavy (non-hydrogen) atoms. The van der Waals surface area contributed by atoms with E-state index in [1.165, 1.54) is 24.5 Å². The van der Waals surface area contributed by atoms with Crippen LogP contribution in [0.25, 0.3) is 0 Å². The molecule has 1 fully saturated rings. The topological polar surface area (TPSA) is 75.7 Å². The van der Waals surface area contributed by atoms with Gasteiger partial charge in [0, 0.05) is 19.2 Å². The Bertz CT molecular complexity index is 583. The first-order valence-electron chi connectivity index (χ1n) is 7.50. The SMILES string of the molecule is COC(=O)/C=C/CCNC(=O)C1CCCN1C(=O)c1cccs1. The van der Waals surface area contributed by atoms with Crippen molar-refractivity contribution in [2.75, 3.05) is 20.2 Å². The van der Waals surface area contributed by atoms with Crippen molar-refractivity contribution < 1.29 is 19.1 Å². The molecular formula is C16H20N2O4S. The second kappa shape index (κ2) is 8.47. The summed E-state index contributed by atoms with van der Waals surface area (Å²) >= 11 is 1.39. The van der Waals surface area contributed by atoms with Gasteiger partial charge >= 0.3 is 5.97 Å². The smallest absolute Gasteiger partial charge is 0.330 e. The average molecular weight is 336 g/mol. The van der Waals surface area contributed by atoms with E-state index >= 15 is 0 Å². The van der Waals surface area contributed by atoms with Gasteiger partial charge in [0.2, 0.25) is 5.91 Å². The van der Waals surface area contributed by atoms with Gasteiger partial charge < -0.3 is 15.0 Å². The molecule has 1 saturated heterocycles. The lowest BCUT2D eigenvalue weighted by atomic mass is 10.2. The zero-order valence-corrected chi connectivity index (χ0v) is 13.8. The van der Waals surface area contributed by atoms with Crippen molar-refractivity contribution >= 4 is 29.1 Å². The third-order valence-electron chi connectivity index (χ3n) is 3.61. The first kappa shape index (κ1) is 17.2. The van der Waals surface area contributed by atoms with Crippen LogP contribution in [-0.4, -0.2) is 48.9 Å². The van der Waals surface area contributed by atoms with Crippen LogP contribution in [-0.2, 0) is 14.3 Å². The van der Waals surface area contributed by atoms with Crippen molar-refractivity contribution in [2.24, 2.45) is 0 Å². The number of ether oxygens (including phenoxy) is 1. The molecule has 1 aromatic heterocycles. The Labute approximate surface area is 139 Å². The van der Waals surface area contributed by atoms with Gasteiger partial charge in [-0.15, -0.1) is 11.3 Å². The van der Waals surface area contributed by atoms with Crippen LogP contribution in [0.5, 0.6) is 0 Å². The van der Waals surface area contributed by atoms with E-state index in [0.717, 1.165) is 6.42 Å². The van der Waals surface area contributed by atoms with Gasteiger partial charge in [0.25, 0.3) is 5.91 Å². The minimum Gasteiger partial charge on any atom is -0.466 e. The molecule has 1 atom stereocenters. The lowest BCUT2D eigenvalue weighted by Gasteiger charge is -2.23. The number of methoxy groups -OCH3 is 1. The standard InChI is InChI=1S/C16H20N2O4S/c1-22-14(19)8-2-3-9-17-15(20)12-6-4-10-18(12)16(21)13-7-5-11-23-13/h2,5,7-8,11-12H,3-4,6,9-10H2,1H3,(H,17,20)/b8-2+. The van der Waals surface area contributed by atoms with Gasteiger partial charge in [-0.2, -0.15) is 0 Å². The van der Waals surface area contributed by atoms with E-state index in [1.54, 1.807) is 17.0 Å².